The molecule has 2 aromatic heterocycles. The topological polar surface area (TPSA) is 114 Å². The molecule has 2 bridgehead atoms. The summed E-state index contributed by atoms with van der Waals surface area (Å²) in [5.74, 6) is -1.02. The zero-order valence-corrected chi connectivity index (χ0v) is 22.0. The van der Waals surface area contributed by atoms with Crippen molar-refractivity contribution in [1.82, 2.24) is 30.1 Å². The minimum atomic E-state index is -0.833. The van der Waals surface area contributed by atoms with Gasteiger partial charge in [0.25, 0.3) is 11.8 Å². The highest BCUT2D eigenvalue weighted by Gasteiger charge is 2.48. The molecule has 3 amide bonds. The fourth-order valence-electron chi connectivity index (χ4n) is 6.10. The van der Waals surface area contributed by atoms with Crippen LogP contribution < -0.4 is 5.32 Å². The van der Waals surface area contributed by atoms with Crippen LogP contribution in [0.4, 0.5) is 4.39 Å². The van der Waals surface area contributed by atoms with Crippen LogP contribution in [0.15, 0.2) is 78.9 Å². The van der Waals surface area contributed by atoms with Gasteiger partial charge < -0.3 is 25.1 Å². The van der Waals surface area contributed by atoms with E-state index in [0.29, 0.717) is 37.1 Å². The Bertz CT molecular complexity index is 1760. The normalized spacial score (nSPS) is 18.8. The number of piperazine rings is 1. The Morgan fingerprint density at radius 3 is 2.44 bits per heavy atom. The monoisotopic (exact) mass is 550 g/mol. The molecule has 2 saturated heterocycles. The number of carbonyl (C=O) groups is 3. The first-order chi connectivity index (χ1) is 19.9. The number of nitrogens with one attached hydrogen (secondary N) is 3. The van der Waals surface area contributed by atoms with Gasteiger partial charge in [-0.05, 0) is 36.2 Å². The molecule has 7 rings (SSSR count). The number of aromatic nitrogens is 3. The van der Waals surface area contributed by atoms with E-state index in [2.05, 4.69) is 20.3 Å². The fraction of sp³-hybridized carbons (Fsp3) is 0.226. The molecule has 3 N–H and O–H groups in total. The molecule has 3 atom stereocenters. The molecule has 0 aliphatic carbocycles. The van der Waals surface area contributed by atoms with Gasteiger partial charge in [0.2, 0.25) is 5.91 Å². The second-order valence-corrected chi connectivity index (χ2v) is 10.7. The maximum Gasteiger partial charge on any atom is 0.290 e. The lowest BCUT2D eigenvalue weighted by atomic mass is 10.0. The number of hydrogen-bond acceptors (Lipinski definition) is 4. The van der Waals surface area contributed by atoms with E-state index in [-0.39, 0.29) is 35.1 Å². The van der Waals surface area contributed by atoms with E-state index in [1.165, 1.54) is 6.07 Å². The highest BCUT2D eigenvalue weighted by atomic mass is 19.1. The zero-order chi connectivity index (χ0) is 28.1. The standard InChI is InChI=1S/C31H27FN6O3/c32-22-10-6-9-19-14-25(33-27(19)22)29(39)36-26(13-18-7-2-1-3-8-18)30(40)37-16-21-15-20(37)17-38(21)31(41)28-34-23-11-4-5-12-24(23)35-28/h1-12,14,20-21,26,33H,13,15-17H2,(H,34,35)(H,36,39)/t20-,21-,26-/m0/s1. The number of imidazole rings is 1. The van der Waals surface area contributed by atoms with Gasteiger partial charge in [0.15, 0.2) is 5.82 Å². The predicted molar refractivity (Wildman–Crippen MR) is 151 cm³/mol. The third kappa shape index (κ3) is 4.51. The molecule has 0 unspecified atom stereocenters. The van der Waals surface area contributed by atoms with Gasteiger partial charge in [0.1, 0.15) is 17.6 Å². The minimum Gasteiger partial charge on any atom is -0.348 e. The predicted octanol–water partition coefficient (Wildman–Crippen LogP) is 3.65. The van der Waals surface area contributed by atoms with E-state index in [9.17, 15) is 18.8 Å². The molecule has 0 spiro atoms. The zero-order valence-electron chi connectivity index (χ0n) is 22.0. The Labute approximate surface area is 234 Å². The molecule has 4 heterocycles. The number of fused-ring (bicyclic) bond motifs is 4. The van der Waals surface area contributed by atoms with Crippen LogP contribution in [0.2, 0.25) is 0 Å². The summed E-state index contributed by atoms with van der Waals surface area (Å²) in [6.45, 7) is 0.786. The Morgan fingerprint density at radius 1 is 0.927 bits per heavy atom. The summed E-state index contributed by atoms with van der Waals surface area (Å²) in [4.78, 5) is 54.5. The number of nitrogens with zero attached hydrogens (tertiary/aromatic N) is 3. The first kappa shape index (κ1) is 25.0. The number of carbonyl (C=O) groups excluding carboxylic acids is 3. The molecule has 0 saturated carbocycles. The third-order valence-corrected chi connectivity index (χ3v) is 8.11. The molecular formula is C31H27FN6O3. The van der Waals surface area contributed by atoms with Gasteiger partial charge in [-0.25, -0.2) is 9.37 Å². The number of H-pyrrole nitrogens is 2. The van der Waals surface area contributed by atoms with E-state index >= 15 is 0 Å². The molecule has 2 aliphatic heterocycles. The summed E-state index contributed by atoms with van der Waals surface area (Å²) in [5, 5.41) is 3.47. The number of aromatic amines is 2. The maximum atomic E-state index is 14.2. The lowest BCUT2D eigenvalue weighted by molar-refractivity contribution is -0.135. The van der Waals surface area contributed by atoms with Crippen molar-refractivity contribution < 1.29 is 18.8 Å². The van der Waals surface area contributed by atoms with Crippen LogP contribution in [0.1, 0.15) is 33.1 Å². The van der Waals surface area contributed by atoms with Gasteiger partial charge in [-0.3, -0.25) is 14.4 Å². The molecule has 41 heavy (non-hydrogen) atoms. The number of hydrogen-bond donors (Lipinski definition) is 3. The lowest BCUT2D eigenvalue weighted by Crippen LogP contribution is -2.56. The average Bonchev–Trinajstić information content (AvgIpc) is 3.79. The summed E-state index contributed by atoms with van der Waals surface area (Å²) in [6, 6.07) is 22.1. The van der Waals surface area contributed by atoms with Crippen LogP contribution >= 0.6 is 0 Å². The molecule has 9 nitrogen and oxygen atoms in total. The molecule has 0 radical (unpaired) electrons. The Kier molecular flexibility index (Phi) is 6.03. The molecule has 5 aromatic rings. The van der Waals surface area contributed by atoms with E-state index in [4.69, 9.17) is 0 Å². The third-order valence-electron chi connectivity index (χ3n) is 8.11. The van der Waals surface area contributed by atoms with Crippen LogP contribution in [0.3, 0.4) is 0 Å². The van der Waals surface area contributed by atoms with Crippen molar-refractivity contribution in [2.45, 2.75) is 31.0 Å². The second kappa shape index (κ2) is 9.88. The van der Waals surface area contributed by atoms with E-state index in [1.54, 1.807) is 28.0 Å². The highest BCUT2D eigenvalue weighted by molar-refractivity contribution is 6.00. The molecule has 2 aliphatic rings. The van der Waals surface area contributed by atoms with E-state index < -0.39 is 17.8 Å². The Morgan fingerprint density at radius 2 is 1.68 bits per heavy atom. The van der Waals surface area contributed by atoms with Gasteiger partial charge in [-0.1, -0.05) is 54.6 Å². The number of para-hydroxylation sites is 3. The second-order valence-electron chi connectivity index (χ2n) is 10.7. The number of rotatable bonds is 6. The lowest BCUT2D eigenvalue weighted by Gasteiger charge is -2.35. The largest absolute Gasteiger partial charge is 0.348 e. The van der Waals surface area contributed by atoms with Crippen molar-refractivity contribution >= 4 is 39.7 Å². The summed E-state index contributed by atoms with van der Waals surface area (Å²) in [5.41, 5.74) is 2.86. The Hall–Kier alpha value is -4.99. The van der Waals surface area contributed by atoms with Crippen molar-refractivity contribution in [3.05, 3.63) is 102 Å². The summed E-state index contributed by atoms with van der Waals surface area (Å²) >= 11 is 0. The van der Waals surface area contributed by atoms with E-state index in [1.807, 2.05) is 54.6 Å². The van der Waals surface area contributed by atoms with Crippen LogP contribution in [0.5, 0.6) is 0 Å². The van der Waals surface area contributed by atoms with Crippen molar-refractivity contribution in [1.29, 1.82) is 0 Å². The average molecular weight is 551 g/mol. The fourth-order valence-corrected chi connectivity index (χ4v) is 6.10. The SMILES string of the molecule is O=C(N[C@@H](Cc1ccccc1)C(=O)N1C[C@@H]2C[C@H]1CN2C(=O)c1nc2ccccc2[nH]1)c1cc2cccc(F)c2[nH]1. The maximum absolute atomic E-state index is 14.2. The first-order valence-electron chi connectivity index (χ1n) is 13.6. The molecule has 10 heteroatoms. The minimum absolute atomic E-state index is 0.130. The number of likely N-dealkylation sites (tertiary alicyclic amines) is 2. The Balaban J connectivity index is 1.09. The van der Waals surface area contributed by atoms with Crippen LogP contribution in [-0.2, 0) is 11.2 Å². The smallest absolute Gasteiger partial charge is 0.290 e. The number of benzene rings is 3. The molecule has 3 aromatic carbocycles. The van der Waals surface area contributed by atoms with Gasteiger partial charge in [0.05, 0.1) is 28.6 Å². The quantitative estimate of drug-likeness (QED) is 0.300. The molecule has 206 valence electrons. The van der Waals surface area contributed by atoms with Crippen molar-refractivity contribution in [2.24, 2.45) is 0 Å². The van der Waals surface area contributed by atoms with Gasteiger partial charge in [0, 0.05) is 24.9 Å². The molecular weight excluding hydrogens is 523 g/mol. The van der Waals surface area contributed by atoms with E-state index in [0.717, 1.165) is 16.6 Å². The first-order valence-corrected chi connectivity index (χ1v) is 13.6. The number of halogens is 1. The van der Waals surface area contributed by atoms with Gasteiger partial charge >= 0.3 is 0 Å². The van der Waals surface area contributed by atoms with Crippen LogP contribution in [-0.4, -0.2) is 73.7 Å². The number of amides is 3. The van der Waals surface area contributed by atoms with Gasteiger partial charge in [-0.15, -0.1) is 0 Å². The summed E-state index contributed by atoms with van der Waals surface area (Å²) in [6.07, 6.45) is 0.973. The van der Waals surface area contributed by atoms with Gasteiger partial charge in [-0.2, -0.15) is 0 Å². The van der Waals surface area contributed by atoms with Crippen molar-refractivity contribution in [2.75, 3.05) is 13.1 Å². The van der Waals surface area contributed by atoms with Crippen LogP contribution in [0, 0.1) is 5.82 Å². The summed E-state index contributed by atoms with van der Waals surface area (Å²) < 4.78 is 14.2. The van der Waals surface area contributed by atoms with Crippen molar-refractivity contribution in [3.8, 4) is 0 Å². The molecule has 2 fully saturated rings. The van der Waals surface area contributed by atoms with Crippen LogP contribution in [0.25, 0.3) is 21.9 Å². The highest BCUT2D eigenvalue weighted by Crippen LogP contribution is 2.32. The summed E-state index contributed by atoms with van der Waals surface area (Å²) in [7, 11) is 0. The van der Waals surface area contributed by atoms with Crippen molar-refractivity contribution in [3.63, 3.8) is 0 Å².